The SMILES string of the molecule is CN=C(NCc1cccc(OC)n1)N1CCN(S(=O)(=O)CCOC(C)C)CC1.I. The number of pyridine rings is 1. The Morgan fingerprint density at radius 2 is 1.97 bits per heavy atom. The molecule has 1 fully saturated rings. The van der Waals surface area contributed by atoms with Crippen LogP contribution in [-0.4, -0.2) is 87.4 Å². The van der Waals surface area contributed by atoms with Crippen LogP contribution in [-0.2, 0) is 21.3 Å². The van der Waals surface area contributed by atoms with E-state index in [0.29, 0.717) is 38.6 Å². The third kappa shape index (κ3) is 8.22. The van der Waals surface area contributed by atoms with E-state index in [2.05, 4.69) is 20.2 Å². The van der Waals surface area contributed by atoms with E-state index in [0.717, 1.165) is 11.7 Å². The summed E-state index contributed by atoms with van der Waals surface area (Å²) in [4.78, 5) is 10.7. The van der Waals surface area contributed by atoms with Crippen LogP contribution >= 0.6 is 24.0 Å². The van der Waals surface area contributed by atoms with Crippen LogP contribution in [0.1, 0.15) is 19.5 Å². The molecule has 0 amide bonds. The molecule has 0 radical (unpaired) electrons. The van der Waals surface area contributed by atoms with Crippen LogP contribution in [0, 0.1) is 0 Å². The highest BCUT2D eigenvalue weighted by Gasteiger charge is 2.28. The van der Waals surface area contributed by atoms with Gasteiger partial charge in [0.1, 0.15) is 0 Å². The standard InChI is InChI=1S/C18H31N5O4S.HI/c1-15(2)27-12-13-28(24,25)23-10-8-22(9-11-23)18(19-3)20-14-16-6-5-7-17(21-16)26-4;/h5-7,15H,8-14H2,1-4H3,(H,19,20);1H. The largest absolute Gasteiger partial charge is 0.481 e. The van der Waals surface area contributed by atoms with E-state index in [1.54, 1.807) is 20.2 Å². The van der Waals surface area contributed by atoms with Gasteiger partial charge in [0.25, 0.3) is 0 Å². The van der Waals surface area contributed by atoms with E-state index in [1.165, 1.54) is 4.31 Å². The zero-order valence-corrected chi connectivity index (χ0v) is 20.6. The van der Waals surface area contributed by atoms with Gasteiger partial charge < -0.3 is 19.7 Å². The lowest BCUT2D eigenvalue weighted by Crippen LogP contribution is -2.54. The minimum atomic E-state index is -3.30. The summed E-state index contributed by atoms with van der Waals surface area (Å²) < 4.78 is 36.9. The lowest BCUT2D eigenvalue weighted by molar-refractivity contribution is 0.0904. The van der Waals surface area contributed by atoms with Crippen molar-refractivity contribution in [3.05, 3.63) is 23.9 Å². The van der Waals surface area contributed by atoms with Crippen molar-refractivity contribution in [2.75, 3.05) is 52.7 Å². The first-order chi connectivity index (χ1) is 13.4. The summed E-state index contributed by atoms with van der Waals surface area (Å²) in [5, 5.41) is 3.28. The maximum Gasteiger partial charge on any atom is 0.216 e. The van der Waals surface area contributed by atoms with Gasteiger partial charge in [0.2, 0.25) is 15.9 Å². The quantitative estimate of drug-likeness (QED) is 0.300. The summed E-state index contributed by atoms with van der Waals surface area (Å²) in [7, 11) is -0.0000523. The van der Waals surface area contributed by atoms with Crippen molar-refractivity contribution in [1.82, 2.24) is 19.5 Å². The molecular formula is C18H32IN5O4S. The van der Waals surface area contributed by atoms with Crippen molar-refractivity contribution in [2.24, 2.45) is 4.99 Å². The Bertz CT molecular complexity index is 752. The monoisotopic (exact) mass is 541 g/mol. The number of methoxy groups -OCH3 is 1. The van der Waals surface area contributed by atoms with Gasteiger partial charge >= 0.3 is 0 Å². The average Bonchev–Trinajstić information content (AvgIpc) is 2.68. The number of nitrogens with zero attached hydrogens (tertiary/aromatic N) is 4. The molecule has 1 N–H and O–H groups in total. The van der Waals surface area contributed by atoms with Crippen molar-refractivity contribution in [3.63, 3.8) is 0 Å². The highest BCUT2D eigenvalue weighted by molar-refractivity contribution is 14.0. The Hall–Kier alpha value is -1.18. The molecule has 0 saturated carbocycles. The number of hydrogen-bond donors (Lipinski definition) is 1. The molecule has 0 unspecified atom stereocenters. The fraction of sp³-hybridized carbons (Fsp3) is 0.667. The van der Waals surface area contributed by atoms with Crippen LogP contribution in [0.5, 0.6) is 5.88 Å². The van der Waals surface area contributed by atoms with E-state index in [9.17, 15) is 8.42 Å². The summed E-state index contributed by atoms with van der Waals surface area (Å²) in [6.07, 6.45) is 0.0283. The third-order valence-corrected chi connectivity index (χ3v) is 6.19. The van der Waals surface area contributed by atoms with Gasteiger partial charge in [0, 0.05) is 39.3 Å². The number of piperazine rings is 1. The normalized spacial score (nSPS) is 15.9. The lowest BCUT2D eigenvalue weighted by Gasteiger charge is -2.35. The number of guanidine groups is 1. The third-order valence-electron chi connectivity index (χ3n) is 4.35. The molecule has 0 aliphatic carbocycles. The molecule has 0 spiro atoms. The van der Waals surface area contributed by atoms with Crippen molar-refractivity contribution >= 4 is 40.0 Å². The second kappa shape index (κ2) is 12.5. The smallest absolute Gasteiger partial charge is 0.216 e. The molecule has 1 aliphatic rings. The number of nitrogens with one attached hydrogen (secondary N) is 1. The maximum absolute atomic E-state index is 12.4. The van der Waals surface area contributed by atoms with E-state index < -0.39 is 10.0 Å². The van der Waals surface area contributed by atoms with Crippen LogP contribution in [0.4, 0.5) is 0 Å². The molecule has 0 atom stereocenters. The first-order valence-electron chi connectivity index (χ1n) is 9.40. The summed E-state index contributed by atoms with van der Waals surface area (Å²) in [5.74, 6) is 1.30. The zero-order valence-electron chi connectivity index (χ0n) is 17.5. The van der Waals surface area contributed by atoms with Gasteiger partial charge in [0.15, 0.2) is 5.96 Å². The highest BCUT2D eigenvalue weighted by Crippen LogP contribution is 2.10. The molecule has 166 valence electrons. The van der Waals surface area contributed by atoms with Crippen LogP contribution in [0.2, 0.25) is 0 Å². The van der Waals surface area contributed by atoms with Gasteiger partial charge in [-0.1, -0.05) is 6.07 Å². The predicted octanol–water partition coefficient (Wildman–Crippen LogP) is 1.16. The second-order valence-corrected chi connectivity index (χ2v) is 8.78. The molecule has 9 nitrogen and oxygen atoms in total. The summed E-state index contributed by atoms with van der Waals surface area (Å²) in [6, 6.07) is 5.59. The number of hydrogen-bond acceptors (Lipinski definition) is 6. The van der Waals surface area contributed by atoms with Crippen molar-refractivity contribution in [2.45, 2.75) is 26.5 Å². The van der Waals surface area contributed by atoms with E-state index in [1.807, 2.05) is 26.0 Å². The summed E-state index contributed by atoms with van der Waals surface area (Å²) >= 11 is 0. The first-order valence-corrected chi connectivity index (χ1v) is 11.0. The number of halogens is 1. The topological polar surface area (TPSA) is 96.4 Å². The Morgan fingerprint density at radius 3 is 2.55 bits per heavy atom. The van der Waals surface area contributed by atoms with Crippen molar-refractivity contribution < 1.29 is 17.9 Å². The van der Waals surface area contributed by atoms with Crippen LogP contribution in [0.15, 0.2) is 23.2 Å². The average molecular weight is 541 g/mol. The maximum atomic E-state index is 12.4. The number of aromatic nitrogens is 1. The molecule has 29 heavy (non-hydrogen) atoms. The van der Waals surface area contributed by atoms with E-state index in [4.69, 9.17) is 9.47 Å². The number of rotatable bonds is 8. The van der Waals surface area contributed by atoms with Crippen molar-refractivity contribution in [1.29, 1.82) is 0 Å². The molecule has 2 heterocycles. The van der Waals surface area contributed by atoms with Crippen LogP contribution in [0.3, 0.4) is 0 Å². The summed E-state index contributed by atoms with van der Waals surface area (Å²) in [5.41, 5.74) is 0.840. The van der Waals surface area contributed by atoms with Gasteiger partial charge in [-0.15, -0.1) is 24.0 Å². The minimum Gasteiger partial charge on any atom is -0.481 e. The fourth-order valence-electron chi connectivity index (χ4n) is 2.87. The van der Waals surface area contributed by atoms with Gasteiger partial charge in [0.05, 0.1) is 37.8 Å². The molecule has 11 heteroatoms. The molecule has 1 aromatic rings. The number of sulfonamides is 1. The summed E-state index contributed by atoms with van der Waals surface area (Å²) in [6.45, 7) is 6.54. The predicted molar refractivity (Wildman–Crippen MR) is 124 cm³/mol. The first kappa shape index (κ1) is 25.9. The van der Waals surface area contributed by atoms with Crippen molar-refractivity contribution in [3.8, 4) is 5.88 Å². The van der Waals surface area contributed by atoms with E-state index in [-0.39, 0.29) is 42.4 Å². The molecule has 1 aromatic heterocycles. The van der Waals surface area contributed by atoms with Gasteiger partial charge in [-0.25, -0.2) is 13.4 Å². The molecule has 0 aromatic carbocycles. The molecular weight excluding hydrogens is 509 g/mol. The van der Waals surface area contributed by atoms with Crippen LogP contribution in [0.25, 0.3) is 0 Å². The molecule has 2 rings (SSSR count). The second-order valence-electron chi connectivity index (χ2n) is 6.69. The Balaban J connectivity index is 0.00000420. The molecule has 0 bridgehead atoms. The lowest BCUT2D eigenvalue weighted by atomic mass is 10.3. The van der Waals surface area contributed by atoms with Crippen LogP contribution < -0.4 is 10.1 Å². The molecule has 1 saturated heterocycles. The molecule has 1 aliphatic heterocycles. The van der Waals surface area contributed by atoms with Gasteiger partial charge in [-0.2, -0.15) is 4.31 Å². The minimum absolute atomic E-state index is 0. The number of aliphatic imine (C=N–C) groups is 1. The fourth-order valence-corrected chi connectivity index (χ4v) is 4.15. The Labute approximate surface area is 190 Å². The Kier molecular flexibility index (Phi) is 11.1. The zero-order chi connectivity index (χ0) is 20.6. The van der Waals surface area contributed by atoms with Gasteiger partial charge in [-0.05, 0) is 19.9 Å². The number of ether oxygens (including phenoxy) is 2. The van der Waals surface area contributed by atoms with E-state index >= 15 is 0 Å². The highest BCUT2D eigenvalue weighted by atomic mass is 127. The Morgan fingerprint density at radius 1 is 1.28 bits per heavy atom. The van der Waals surface area contributed by atoms with Gasteiger partial charge in [-0.3, -0.25) is 4.99 Å².